The lowest BCUT2D eigenvalue weighted by atomic mass is 10.2. The Bertz CT molecular complexity index is 481. The van der Waals surface area contributed by atoms with E-state index in [1.807, 2.05) is 30.3 Å². The Balaban J connectivity index is 2.38. The molecule has 6 heteroatoms. The zero-order chi connectivity index (χ0) is 16.6. The number of rotatable bonds is 6. The highest BCUT2D eigenvalue weighted by molar-refractivity contribution is 5.73. The molecule has 0 aromatic heterocycles. The van der Waals surface area contributed by atoms with Crippen molar-refractivity contribution in [1.82, 2.24) is 5.32 Å². The second-order valence-corrected chi connectivity index (χ2v) is 5.88. The predicted molar refractivity (Wildman–Crippen MR) is 81.1 cm³/mol. The van der Waals surface area contributed by atoms with Crippen LogP contribution in [-0.2, 0) is 20.9 Å². The summed E-state index contributed by atoms with van der Waals surface area (Å²) < 4.78 is 10.2. The molecule has 1 atom stereocenters. The van der Waals surface area contributed by atoms with E-state index in [0.29, 0.717) is 0 Å². The van der Waals surface area contributed by atoms with Gasteiger partial charge >= 0.3 is 12.1 Å². The van der Waals surface area contributed by atoms with Gasteiger partial charge in [0.15, 0.2) is 0 Å². The molecule has 1 aromatic carbocycles. The van der Waals surface area contributed by atoms with Gasteiger partial charge in [0, 0.05) is 0 Å². The third-order valence-electron chi connectivity index (χ3n) is 2.60. The topological polar surface area (TPSA) is 84.9 Å². The third-order valence-corrected chi connectivity index (χ3v) is 2.60. The molecule has 0 aliphatic rings. The Morgan fingerprint density at radius 3 is 2.41 bits per heavy atom. The second kappa shape index (κ2) is 8.38. The van der Waals surface area contributed by atoms with E-state index < -0.39 is 23.7 Å². The maximum absolute atomic E-state index is 11.7. The summed E-state index contributed by atoms with van der Waals surface area (Å²) in [5, 5.41) is 11.7. The molecule has 1 amide bonds. The molecule has 0 aliphatic heterocycles. The van der Waals surface area contributed by atoms with E-state index >= 15 is 0 Å². The Morgan fingerprint density at radius 2 is 1.86 bits per heavy atom. The van der Waals surface area contributed by atoms with E-state index in [0.717, 1.165) is 5.56 Å². The number of alkyl carbamates (subject to hydrolysis) is 1. The van der Waals surface area contributed by atoms with Crippen LogP contribution < -0.4 is 5.32 Å². The van der Waals surface area contributed by atoms with Crippen molar-refractivity contribution >= 4 is 12.1 Å². The number of nitrogens with one attached hydrogen (secondary N) is 1. The zero-order valence-corrected chi connectivity index (χ0v) is 13.2. The lowest BCUT2D eigenvalue weighted by Crippen LogP contribution is -2.42. The van der Waals surface area contributed by atoms with Crippen molar-refractivity contribution in [1.29, 1.82) is 0 Å². The third kappa shape index (κ3) is 7.64. The molecule has 0 spiro atoms. The van der Waals surface area contributed by atoms with Crippen LogP contribution in [0.5, 0.6) is 0 Å². The van der Waals surface area contributed by atoms with Crippen LogP contribution in [0, 0.1) is 0 Å². The fourth-order valence-corrected chi connectivity index (χ4v) is 1.63. The summed E-state index contributed by atoms with van der Waals surface area (Å²) in [5.41, 5.74) is 0.231. The van der Waals surface area contributed by atoms with Crippen LogP contribution in [0.2, 0.25) is 0 Å². The quantitative estimate of drug-likeness (QED) is 0.785. The average Bonchev–Trinajstić information content (AvgIpc) is 2.43. The first-order chi connectivity index (χ1) is 10.3. The van der Waals surface area contributed by atoms with Crippen molar-refractivity contribution in [2.75, 3.05) is 6.61 Å². The van der Waals surface area contributed by atoms with Crippen molar-refractivity contribution in [2.45, 2.75) is 45.4 Å². The van der Waals surface area contributed by atoms with Crippen LogP contribution in [-0.4, -0.2) is 35.4 Å². The number of aliphatic hydroxyl groups is 1. The van der Waals surface area contributed by atoms with Crippen LogP contribution in [0.15, 0.2) is 30.3 Å². The van der Waals surface area contributed by atoms with E-state index in [1.54, 1.807) is 20.8 Å². The van der Waals surface area contributed by atoms with Crippen molar-refractivity contribution < 1.29 is 24.2 Å². The summed E-state index contributed by atoms with van der Waals surface area (Å²) in [7, 11) is 0. The number of aliphatic hydroxyl groups excluding tert-OH is 1. The monoisotopic (exact) mass is 309 g/mol. The summed E-state index contributed by atoms with van der Waals surface area (Å²) in [6.45, 7) is 4.97. The van der Waals surface area contributed by atoms with Gasteiger partial charge in [0.25, 0.3) is 0 Å². The molecule has 0 aliphatic carbocycles. The maximum Gasteiger partial charge on any atom is 0.407 e. The Hall–Kier alpha value is -2.08. The first kappa shape index (κ1) is 18.0. The summed E-state index contributed by atoms with van der Waals surface area (Å²) in [5.74, 6) is -0.501. The van der Waals surface area contributed by atoms with Crippen LogP contribution >= 0.6 is 0 Å². The molecular weight excluding hydrogens is 286 g/mol. The van der Waals surface area contributed by atoms with Crippen LogP contribution in [0.3, 0.4) is 0 Å². The van der Waals surface area contributed by atoms with E-state index in [1.165, 1.54) is 0 Å². The number of hydrogen-bond acceptors (Lipinski definition) is 5. The van der Waals surface area contributed by atoms with Crippen LogP contribution in [0.25, 0.3) is 0 Å². The van der Waals surface area contributed by atoms with Gasteiger partial charge in [-0.2, -0.15) is 0 Å². The zero-order valence-electron chi connectivity index (χ0n) is 13.2. The molecule has 1 aromatic rings. The highest BCUT2D eigenvalue weighted by Crippen LogP contribution is 2.08. The smallest absolute Gasteiger partial charge is 0.407 e. The van der Waals surface area contributed by atoms with E-state index in [4.69, 9.17) is 9.47 Å². The van der Waals surface area contributed by atoms with E-state index in [-0.39, 0.29) is 19.6 Å². The normalized spacial score (nSPS) is 12.4. The highest BCUT2D eigenvalue weighted by atomic mass is 16.6. The molecule has 0 heterocycles. The fourth-order valence-electron chi connectivity index (χ4n) is 1.63. The van der Waals surface area contributed by atoms with Gasteiger partial charge in [-0.25, -0.2) is 4.79 Å². The largest absolute Gasteiger partial charge is 0.461 e. The molecule has 1 rings (SSSR count). The van der Waals surface area contributed by atoms with Gasteiger partial charge in [-0.3, -0.25) is 4.79 Å². The first-order valence-corrected chi connectivity index (χ1v) is 7.10. The molecule has 22 heavy (non-hydrogen) atoms. The number of carbonyl (C=O) groups is 2. The van der Waals surface area contributed by atoms with Crippen LogP contribution in [0.4, 0.5) is 4.79 Å². The Morgan fingerprint density at radius 1 is 1.23 bits per heavy atom. The maximum atomic E-state index is 11.7. The summed E-state index contributed by atoms with van der Waals surface area (Å²) in [6, 6.07) is 8.52. The molecule has 2 N–H and O–H groups in total. The number of ether oxygens (including phenoxy) is 2. The number of benzene rings is 1. The van der Waals surface area contributed by atoms with Gasteiger partial charge in [-0.15, -0.1) is 0 Å². The Kier molecular flexibility index (Phi) is 6.85. The minimum atomic E-state index is -0.738. The van der Waals surface area contributed by atoms with Gasteiger partial charge in [0.2, 0.25) is 0 Å². The number of carbonyl (C=O) groups excluding carboxylic acids is 2. The van der Waals surface area contributed by atoms with Crippen molar-refractivity contribution in [2.24, 2.45) is 0 Å². The van der Waals surface area contributed by atoms with Crippen molar-refractivity contribution in [3.05, 3.63) is 35.9 Å². The second-order valence-electron chi connectivity index (χ2n) is 5.88. The molecule has 0 fully saturated rings. The minimum absolute atomic E-state index is 0.122. The van der Waals surface area contributed by atoms with Gasteiger partial charge in [-0.05, 0) is 26.3 Å². The molecule has 0 saturated heterocycles. The first-order valence-electron chi connectivity index (χ1n) is 7.10. The Labute approximate surface area is 130 Å². The summed E-state index contributed by atoms with van der Waals surface area (Å²) in [6.07, 6.45) is -0.801. The highest BCUT2D eigenvalue weighted by Gasteiger charge is 2.21. The number of hydrogen-bond donors (Lipinski definition) is 2. The van der Waals surface area contributed by atoms with Gasteiger partial charge in [-0.1, -0.05) is 30.3 Å². The molecular formula is C16H23NO5. The van der Waals surface area contributed by atoms with Gasteiger partial charge in [0.1, 0.15) is 12.2 Å². The lowest BCUT2D eigenvalue weighted by Gasteiger charge is -2.22. The molecule has 0 unspecified atom stereocenters. The average molecular weight is 309 g/mol. The standard InChI is InChI=1S/C16H23NO5/c1-16(2,3)22-15(20)17-13(10-18)9-14(19)21-11-12-7-5-4-6-8-12/h4-8,13,18H,9-11H2,1-3H3,(H,17,20)/t13-/m1/s1. The fraction of sp³-hybridized carbons (Fsp3) is 0.500. The van der Waals surface area contributed by atoms with Gasteiger partial charge in [0.05, 0.1) is 19.1 Å². The molecule has 0 saturated carbocycles. The molecule has 122 valence electrons. The van der Waals surface area contributed by atoms with Crippen molar-refractivity contribution in [3.63, 3.8) is 0 Å². The van der Waals surface area contributed by atoms with Gasteiger partial charge < -0.3 is 19.9 Å². The predicted octanol–water partition coefficient (Wildman–Crippen LogP) is 2.01. The SMILES string of the molecule is CC(C)(C)OC(=O)N[C@@H](CO)CC(=O)OCc1ccccc1. The minimum Gasteiger partial charge on any atom is -0.461 e. The van der Waals surface area contributed by atoms with E-state index in [2.05, 4.69) is 5.32 Å². The van der Waals surface area contributed by atoms with Crippen molar-refractivity contribution in [3.8, 4) is 0 Å². The molecule has 6 nitrogen and oxygen atoms in total. The number of esters is 1. The molecule has 0 bridgehead atoms. The summed E-state index contributed by atoms with van der Waals surface area (Å²) >= 11 is 0. The van der Waals surface area contributed by atoms with E-state index in [9.17, 15) is 14.7 Å². The molecule has 0 radical (unpaired) electrons. The number of amides is 1. The summed E-state index contributed by atoms with van der Waals surface area (Å²) in [4.78, 5) is 23.3. The lowest BCUT2D eigenvalue weighted by molar-refractivity contribution is -0.145. The van der Waals surface area contributed by atoms with Crippen LogP contribution in [0.1, 0.15) is 32.8 Å².